The van der Waals surface area contributed by atoms with E-state index in [-0.39, 0.29) is 6.54 Å². The van der Waals surface area contributed by atoms with Crippen LogP contribution in [0.2, 0.25) is 0 Å². The molecule has 7 heteroatoms. The van der Waals surface area contributed by atoms with Crippen molar-refractivity contribution in [3.05, 3.63) is 35.9 Å². The van der Waals surface area contributed by atoms with E-state index in [4.69, 9.17) is 5.11 Å². The van der Waals surface area contributed by atoms with Gasteiger partial charge in [0, 0.05) is 6.54 Å². The van der Waals surface area contributed by atoms with Crippen LogP contribution < -0.4 is 16.0 Å². The number of nitrogens with one attached hydrogen (secondary N) is 3. The van der Waals surface area contributed by atoms with E-state index in [9.17, 15) is 14.4 Å². The van der Waals surface area contributed by atoms with E-state index in [0.29, 0.717) is 13.0 Å². The van der Waals surface area contributed by atoms with Gasteiger partial charge in [-0.05, 0) is 12.0 Å². The van der Waals surface area contributed by atoms with Crippen molar-refractivity contribution in [3.63, 3.8) is 0 Å². The molecule has 4 N–H and O–H groups in total. The van der Waals surface area contributed by atoms with E-state index >= 15 is 0 Å². The molecule has 0 bridgehead atoms. The summed E-state index contributed by atoms with van der Waals surface area (Å²) in [5, 5.41) is 15.4. The van der Waals surface area contributed by atoms with Crippen molar-refractivity contribution in [2.45, 2.75) is 6.42 Å². The summed E-state index contributed by atoms with van der Waals surface area (Å²) in [7, 11) is 0. The van der Waals surface area contributed by atoms with Gasteiger partial charge in [0.2, 0.25) is 5.91 Å². The summed E-state index contributed by atoms with van der Waals surface area (Å²) in [5.41, 5.74) is 1.10. The lowest BCUT2D eigenvalue weighted by Gasteiger charge is -2.07. The number of carboxylic acids is 1. The van der Waals surface area contributed by atoms with Crippen LogP contribution in [0.4, 0.5) is 4.79 Å². The zero-order valence-corrected chi connectivity index (χ0v) is 10.9. The SMILES string of the molecule is O=C(O)CNC(=O)CNC(=O)NCCc1ccccc1. The summed E-state index contributed by atoms with van der Waals surface area (Å²) in [4.78, 5) is 32.7. The van der Waals surface area contributed by atoms with Crippen LogP contribution in [0.3, 0.4) is 0 Å². The fourth-order valence-electron chi connectivity index (χ4n) is 1.42. The topological polar surface area (TPSA) is 108 Å². The van der Waals surface area contributed by atoms with Crippen LogP contribution >= 0.6 is 0 Å². The summed E-state index contributed by atoms with van der Waals surface area (Å²) in [6.45, 7) is -0.271. The van der Waals surface area contributed by atoms with Crippen LogP contribution in [0.5, 0.6) is 0 Å². The number of hydrogen-bond acceptors (Lipinski definition) is 3. The maximum absolute atomic E-state index is 11.4. The highest BCUT2D eigenvalue weighted by Crippen LogP contribution is 1.97. The second-order valence-electron chi connectivity index (χ2n) is 4.02. The zero-order chi connectivity index (χ0) is 14.8. The van der Waals surface area contributed by atoms with Gasteiger partial charge in [-0.2, -0.15) is 0 Å². The molecule has 0 fully saturated rings. The number of rotatable bonds is 7. The van der Waals surface area contributed by atoms with E-state index in [1.54, 1.807) is 0 Å². The molecular weight excluding hydrogens is 262 g/mol. The summed E-state index contributed by atoms with van der Waals surface area (Å²) in [6, 6.07) is 9.20. The summed E-state index contributed by atoms with van der Waals surface area (Å²) in [5.74, 6) is -1.68. The third kappa shape index (κ3) is 7.00. The molecule has 20 heavy (non-hydrogen) atoms. The van der Waals surface area contributed by atoms with Crippen molar-refractivity contribution in [1.29, 1.82) is 0 Å². The predicted octanol–water partition coefficient (Wildman–Crippen LogP) is -0.271. The van der Waals surface area contributed by atoms with E-state index in [2.05, 4.69) is 16.0 Å². The molecule has 0 saturated carbocycles. The summed E-state index contributed by atoms with van der Waals surface area (Å²) in [6.07, 6.45) is 0.694. The van der Waals surface area contributed by atoms with Gasteiger partial charge in [0.1, 0.15) is 6.54 Å². The molecule has 0 atom stereocenters. The minimum Gasteiger partial charge on any atom is -0.480 e. The molecule has 0 heterocycles. The first-order valence-electron chi connectivity index (χ1n) is 6.12. The molecule has 108 valence electrons. The lowest BCUT2D eigenvalue weighted by atomic mass is 10.1. The first-order valence-corrected chi connectivity index (χ1v) is 6.12. The molecule has 0 saturated heterocycles. The smallest absolute Gasteiger partial charge is 0.322 e. The number of carbonyl (C=O) groups excluding carboxylic acids is 2. The van der Waals surface area contributed by atoms with Gasteiger partial charge in [0.25, 0.3) is 0 Å². The molecule has 0 unspecified atom stereocenters. The van der Waals surface area contributed by atoms with Crippen molar-refractivity contribution in [1.82, 2.24) is 16.0 Å². The molecule has 0 spiro atoms. The Kier molecular flexibility index (Phi) is 6.60. The Hall–Kier alpha value is -2.57. The number of hydrogen-bond donors (Lipinski definition) is 4. The van der Waals surface area contributed by atoms with E-state index in [1.807, 2.05) is 30.3 Å². The Morgan fingerprint density at radius 3 is 2.30 bits per heavy atom. The highest BCUT2D eigenvalue weighted by molar-refractivity contribution is 5.86. The highest BCUT2D eigenvalue weighted by Gasteiger charge is 2.05. The van der Waals surface area contributed by atoms with Gasteiger partial charge in [-0.1, -0.05) is 30.3 Å². The Morgan fingerprint density at radius 2 is 1.65 bits per heavy atom. The molecule has 7 nitrogen and oxygen atoms in total. The maximum atomic E-state index is 11.4. The van der Waals surface area contributed by atoms with E-state index in [1.165, 1.54) is 0 Å². The fourth-order valence-corrected chi connectivity index (χ4v) is 1.42. The number of benzene rings is 1. The highest BCUT2D eigenvalue weighted by atomic mass is 16.4. The minimum absolute atomic E-state index is 0.259. The minimum atomic E-state index is -1.13. The quantitative estimate of drug-likeness (QED) is 0.551. The number of amides is 3. The van der Waals surface area contributed by atoms with Gasteiger partial charge in [-0.25, -0.2) is 4.79 Å². The van der Waals surface area contributed by atoms with Crippen LogP contribution in [0.15, 0.2) is 30.3 Å². The average Bonchev–Trinajstić information content (AvgIpc) is 2.44. The largest absolute Gasteiger partial charge is 0.480 e. The third-order valence-electron chi connectivity index (χ3n) is 2.39. The molecular formula is C13H17N3O4. The van der Waals surface area contributed by atoms with E-state index in [0.717, 1.165) is 5.56 Å². The number of urea groups is 1. The van der Waals surface area contributed by atoms with Crippen molar-refractivity contribution in [3.8, 4) is 0 Å². The van der Waals surface area contributed by atoms with Crippen LogP contribution in [-0.4, -0.2) is 42.6 Å². The van der Waals surface area contributed by atoms with Crippen LogP contribution in [-0.2, 0) is 16.0 Å². The molecule has 1 aromatic carbocycles. The van der Waals surface area contributed by atoms with E-state index < -0.39 is 24.5 Å². The Bertz CT molecular complexity index is 462. The molecule has 0 aliphatic carbocycles. The number of carboxylic acid groups (broad SMARTS) is 1. The molecule has 0 aliphatic heterocycles. The molecule has 1 rings (SSSR count). The second kappa shape index (κ2) is 8.52. The Morgan fingerprint density at radius 1 is 0.950 bits per heavy atom. The predicted molar refractivity (Wildman–Crippen MR) is 72.2 cm³/mol. The van der Waals surface area contributed by atoms with Crippen molar-refractivity contribution < 1.29 is 19.5 Å². The fraction of sp³-hybridized carbons (Fsp3) is 0.308. The van der Waals surface area contributed by atoms with Crippen LogP contribution in [0.1, 0.15) is 5.56 Å². The van der Waals surface area contributed by atoms with Crippen molar-refractivity contribution in [2.24, 2.45) is 0 Å². The Balaban J connectivity index is 2.11. The third-order valence-corrected chi connectivity index (χ3v) is 2.39. The monoisotopic (exact) mass is 279 g/mol. The average molecular weight is 279 g/mol. The van der Waals surface area contributed by atoms with Gasteiger partial charge in [0.05, 0.1) is 6.54 Å². The van der Waals surface area contributed by atoms with Gasteiger partial charge < -0.3 is 21.1 Å². The molecule has 0 aromatic heterocycles. The summed E-state index contributed by atoms with van der Waals surface area (Å²) < 4.78 is 0. The van der Waals surface area contributed by atoms with Gasteiger partial charge >= 0.3 is 12.0 Å². The first-order chi connectivity index (χ1) is 9.58. The number of aliphatic carboxylic acids is 1. The lowest BCUT2D eigenvalue weighted by Crippen LogP contribution is -2.43. The molecule has 1 aromatic rings. The van der Waals surface area contributed by atoms with Gasteiger partial charge in [0.15, 0.2) is 0 Å². The van der Waals surface area contributed by atoms with Crippen LogP contribution in [0.25, 0.3) is 0 Å². The lowest BCUT2D eigenvalue weighted by molar-refractivity contribution is -0.137. The van der Waals surface area contributed by atoms with Crippen molar-refractivity contribution >= 4 is 17.9 Å². The van der Waals surface area contributed by atoms with Gasteiger partial charge in [-0.3, -0.25) is 9.59 Å². The van der Waals surface area contributed by atoms with Crippen molar-refractivity contribution in [2.75, 3.05) is 19.6 Å². The standard InChI is InChI=1S/C13H17N3O4/c17-11(15-9-12(18)19)8-16-13(20)14-7-6-10-4-2-1-3-5-10/h1-5H,6-9H2,(H,15,17)(H,18,19)(H2,14,16,20). The maximum Gasteiger partial charge on any atom is 0.322 e. The van der Waals surface area contributed by atoms with Gasteiger partial charge in [-0.15, -0.1) is 0 Å². The second-order valence-corrected chi connectivity index (χ2v) is 4.02. The van der Waals surface area contributed by atoms with Crippen LogP contribution in [0, 0.1) is 0 Å². The summed E-state index contributed by atoms with van der Waals surface area (Å²) >= 11 is 0. The molecule has 3 amide bonds. The first kappa shape index (κ1) is 15.5. The molecule has 0 radical (unpaired) electrons. The Labute approximate surface area is 116 Å². The number of carbonyl (C=O) groups is 3. The normalized spacial score (nSPS) is 9.60. The molecule has 0 aliphatic rings. The zero-order valence-electron chi connectivity index (χ0n) is 10.9.